The van der Waals surface area contributed by atoms with Gasteiger partial charge in [-0.1, -0.05) is 34.1 Å². The number of ether oxygens (including phenoxy) is 1. The first-order valence-electron chi connectivity index (χ1n) is 5.20. The van der Waals surface area contributed by atoms with Crippen molar-refractivity contribution >= 4 is 5.97 Å². The van der Waals surface area contributed by atoms with Gasteiger partial charge in [0.05, 0.1) is 6.42 Å². The van der Waals surface area contributed by atoms with Crippen LogP contribution in [-0.2, 0) is 9.53 Å². The lowest BCUT2D eigenvalue weighted by molar-refractivity contribution is -0.142. The maximum Gasteiger partial charge on any atom is 0.306 e. The molecule has 1 heterocycles. The van der Waals surface area contributed by atoms with Crippen LogP contribution in [-0.4, -0.2) is 12.1 Å². The van der Waals surface area contributed by atoms with Crippen molar-refractivity contribution in [3.05, 3.63) is 0 Å². The van der Waals surface area contributed by atoms with Crippen molar-refractivity contribution in [2.45, 2.75) is 53.1 Å². The Labute approximate surface area is 80.7 Å². The molecular formula is C11H20O2. The molecule has 2 unspecified atom stereocenters. The van der Waals surface area contributed by atoms with Gasteiger partial charge in [-0.2, -0.15) is 0 Å². The molecule has 2 heteroatoms. The first-order chi connectivity index (χ1) is 6.00. The first-order valence-corrected chi connectivity index (χ1v) is 5.20. The van der Waals surface area contributed by atoms with Gasteiger partial charge in [-0.15, -0.1) is 0 Å². The molecule has 0 N–H and O–H groups in total. The van der Waals surface area contributed by atoms with Crippen LogP contribution in [0, 0.1) is 11.3 Å². The predicted molar refractivity (Wildman–Crippen MR) is 52.4 cm³/mol. The Hall–Kier alpha value is -0.530. The topological polar surface area (TPSA) is 26.3 Å². The van der Waals surface area contributed by atoms with Gasteiger partial charge in [0.15, 0.2) is 0 Å². The molecule has 1 fully saturated rings. The summed E-state index contributed by atoms with van der Waals surface area (Å²) < 4.78 is 5.34. The normalized spacial score (nSPS) is 33.9. The van der Waals surface area contributed by atoms with Crippen molar-refractivity contribution < 1.29 is 9.53 Å². The second-order valence-corrected chi connectivity index (χ2v) is 4.60. The fraction of sp³-hybridized carbons (Fsp3) is 0.909. The van der Waals surface area contributed by atoms with E-state index in [9.17, 15) is 4.79 Å². The Balaban J connectivity index is 2.75. The van der Waals surface area contributed by atoms with E-state index in [4.69, 9.17) is 4.74 Å². The molecule has 0 bridgehead atoms. The summed E-state index contributed by atoms with van der Waals surface area (Å²) in [5.41, 5.74) is 0.0626. The van der Waals surface area contributed by atoms with Crippen molar-refractivity contribution in [1.82, 2.24) is 0 Å². The Bertz CT molecular complexity index is 198. The lowest BCUT2D eigenvalue weighted by Crippen LogP contribution is -2.32. The summed E-state index contributed by atoms with van der Waals surface area (Å²) in [5, 5.41) is 0. The fourth-order valence-corrected chi connectivity index (χ4v) is 1.99. The third-order valence-corrected chi connectivity index (χ3v) is 3.40. The number of hydrogen-bond acceptors (Lipinski definition) is 2. The molecule has 2 nitrogen and oxygen atoms in total. The van der Waals surface area contributed by atoms with Crippen LogP contribution in [0.4, 0.5) is 0 Å². The van der Waals surface area contributed by atoms with Crippen molar-refractivity contribution in [2.24, 2.45) is 11.3 Å². The van der Waals surface area contributed by atoms with Crippen LogP contribution in [0.1, 0.15) is 47.0 Å². The molecule has 13 heavy (non-hydrogen) atoms. The molecule has 1 aliphatic rings. The summed E-state index contributed by atoms with van der Waals surface area (Å²) in [5.74, 6) is 0.491. The maximum atomic E-state index is 11.2. The Morgan fingerprint density at radius 2 is 2.23 bits per heavy atom. The van der Waals surface area contributed by atoms with E-state index in [1.165, 1.54) is 0 Å². The average molecular weight is 184 g/mol. The van der Waals surface area contributed by atoms with Crippen molar-refractivity contribution in [3.63, 3.8) is 0 Å². The minimum atomic E-state index is -0.0188. The first kappa shape index (κ1) is 10.6. The van der Waals surface area contributed by atoms with Gasteiger partial charge in [-0.05, 0) is 12.3 Å². The molecule has 0 radical (unpaired) electrons. The zero-order valence-corrected chi connectivity index (χ0v) is 9.09. The van der Waals surface area contributed by atoms with Gasteiger partial charge < -0.3 is 4.74 Å². The number of rotatable bonds is 3. The van der Waals surface area contributed by atoms with Gasteiger partial charge in [0.1, 0.15) is 6.10 Å². The molecular weight excluding hydrogens is 164 g/mol. The number of cyclic esters (lactones) is 1. The second kappa shape index (κ2) is 3.69. The molecule has 1 saturated heterocycles. The molecule has 1 rings (SSSR count). The summed E-state index contributed by atoms with van der Waals surface area (Å²) in [6.45, 7) is 8.64. The van der Waals surface area contributed by atoms with Crippen molar-refractivity contribution in [2.75, 3.05) is 0 Å². The van der Waals surface area contributed by atoms with Gasteiger partial charge in [0.2, 0.25) is 0 Å². The molecule has 2 atom stereocenters. The molecule has 0 aromatic heterocycles. The number of carbonyl (C=O) groups is 1. The number of hydrogen-bond donors (Lipinski definition) is 0. The molecule has 1 aliphatic heterocycles. The van der Waals surface area contributed by atoms with Crippen LogP contribution in [0.25, 0.3) is 0 Å². The monoisotopic (exact) mass is 184 g/mol. The highest BCUT2D eigenvalue weighted by Gasteiger charge is 2.46. The van der Waals surface area contributed by atoms with Crippen molar-refractivity contribution in [1.29, 1.82) is 0 Å². The summed E-state index contributed by atoms with van der Waals surface area (Å²) >= 11 is 0. The SMILES string of the molecule is CCCC1OC(=O)CC1(C)C(C)C. The van der Waals surface area contributed by atoms with Crippen LogP contribution in [0.2, 0.25) is 0 Å². The Morgan fingerprint density at radius 1 is 1.62 bits per heavy atom. The quantitative estimate of drug-likeness (QED) is 0.630. The van der Waals surface area contributed by atoms with E-state index >= 15 is 0 Å². The van der Waals surface area contributed by atoms with Crippen LogP contribution < -0.4 is 0 Å². The predicted octanol–water partition coefficient (Wildman–Crippen LogP) is 2.76. The van der Waals surface area contributed by atoms with E-state index in [0.717, 1.165) is 12.8 Å². The van der Waals surface area contributed by atoms with E-state index in [2.05, 4.69) is 27.7 Å². The minimum absolute atomic E-state index is 0.0188. The van der Waals surface area contributed by atoms with Gasteiger partial charge in [0.25, 0.3) is 0 Å². The lowest BCUT2D eigenvalue weighted by Gasteiger charge is -2.32. The van der Waals surface area contributed by atoms with E-state index in [1.54, 1.807) is 0 Å². The Morgan fingerprint density at radius 3 is 2.69 bits per heavy atom. The Kier molecular flexibility index (Phi) is 2.99. The third-order valence-electron chi connectivity index (χ3n) is 3.40. The van der Waals surface area contributed by atoms with Crippen LogP contribution in [0.15, 0.2) is 0 Å². The fourth-order valence-electron chi connectivity index (χ4n) is 1.99. The summed E-state index contributed by atoms with van der Waals surface area (Å²) in [6.07, 6.45) is 2.82. The van der Waals surface area contributed by atoms with E-state index in [-0.39, 0.29) is 17.5 Å². The van der Waals surface area contributed by atoms with Gasteiger partial charge in [0, 0.05) is 5.41 Å². The highest BCUT2D eigenvalue weighted by molar-refractivity contribution is 5.73. The highest BCUT2D eigenvalue weighted by Crippen LogP contribution is 2.43. The van der Waals surface area contributed by atoms with E-state index in [1.807, 2.05) is 0 Å². The van der Waals surface area contributed by atoms with E-state index in [0.29, 0.717) is 12.3 Å². The summed E-state index contributed by atoms with van der Waals surface area (Å²) in [4.78, 5) is 11.2. The summed E-state index contributed by atoms with van der Waals surface area (Å²) in [7, 11) is 0. The van der Waals surface area contributed by atoms with Crippen molar-refractivity contribution in [3.8, 4) is 0 Å². The molecule has 0 aromatic carbocycles. The standard InChI is InChI=1S/C11H20O2/c1-5-6-9-11(4,8(2)3)7-10(12)13-9/h8-9H,5-7H2,1-4H3. The highest BCUT2D eigenvalue weighted by atomic mass is 16.6. The second-order valence-electron chi connectivity index (χ2n) is 4.60. The largest absolute Gasteiger partial charge is 0.462 e. The van der Waals surface area contributed by atoms with Gasteiger partial charge in [-0.3, -0.25) is 4.79 Å². The smallest absolute Gasteiger partial charge is 0.306 e. The number of esters is 1. The maximum absolute atomic E-state index is 11.2. The van der Waals surface area contributed by atoms with E-state index < -0.39 is 0 Å². The minimum Gasteiger partial charge on any atom is -0.462 e. The molecule has 0 aliphatic carbocycles. The zero-order valence-electron chi connectivity index (χ0n) is 9.09. The third kappa shape index (κ3) is 1.87. The lowest BCUT2D eigenvalue weighted by atomic mass is 9.72. The van der Waals surface area contributed by atoms with Crippen LogP contribution in [0.3, 0.4) is 0 Å². The molecule has 0 amide bonds. The van der Waals surface area contributed by atoms with Crippen LogP contribution >= 0.6 is 0 Å². The molecule has 0 spiro atoms. The zero-order chi connectivity index (χ0) is 10.1. The van der Waals surface area contributed by atoms with Gasteiger partial charge in [-0.25, -0.2) is 0 Å². The molecule has 0 saturated carbocycles. The van der Waals surface area contributed by atoms with Crippen LogP contribution in [0.5, 0.6) is 0 Å². The molecule has 76 valence electrons. The van der Waals surface area contributed by atoms with Gasteiger partial charge >= 0.3 is 5.97 Å². The summed E-state index contributed by atoms with van der Waals surface area (Å²) in [6, 6.07) is 0. The number of carbonyl (C=O) groups excluding carboxylic acids is 1. The average Bonchev–Trinajstić information content (AvgIpc) is 2.29. The molecule has 0 aromatic rings.